The largest absolute Gasteiger partial charge is 0.412 e. The number of rotatable bonds is 3. The second kappa shape index (κ2) is 5.20. The molecule has 0 unspecified atom stereocenters. The monoisotopic (exact) mass is 196 g/mol. The summed E-state index contributed by atoms with van der Waals surface area (Å²) in [5.41, 5.74) is 0. The van der Waals surface area contributed by atoms with Crippen LogP contribution in [-0.2, 0) is 0 Å². The third-order valence-electron chi connectivity index (χ3n) is 2.43. The van der Waals surface area contributed by atoms with E-state index in [-0.39, 0.29) is 5.48 Å². The van der Waals surface area contributed by atoms with Crippen molar-refractivity contribution < 1.29 is 5.48 Å². The van der Waals surface area contributed by atoms with Gasteiger partial charge in [-0.05, 0) is 0 Å². The van der Waals surface area contributed by atoms with E-state index in [9.17, 15) is 0 Å². The van der Waals surface area contributed by atoms with Gasteiger partial charge in [0.05, 0.1) is 8.07 Å². The molecule has 74 valence electrons. The number of benzene rings is 1. The van der Waals surface area contributed by atoms with Gasteiger partial charge in [-0.1, -0.05) is 68.0 Å². The van der Waals surface area contributed by atoms with E-state index in [0.717, 1.165) is 0 Å². The van der Waals surface area contributed by atoms with E-state index in [1.165, 1.54) is 12.5 Å². The minimum atomic E-state index is -1.08. The van der Waals surface area contributed by atoms with Gasteiger partial charge < -0.3 is 5.48 Å². The van der Waals surface area contributed by atoms with Crippen LogP contribution >= 0.6 is 0 Å². The normalized spacial score (nSPS) is 10.7. The zero-order valence-electron chi connectivity index (χ0n) is 8.80. The van der Waals surface area contributed by atoms with Crippen molar-refractivity contribution in [1.29, 1.82) is 0 Å². The Balaban J connectivity index is 0.00000144. The van der Waals surface area contributed by atoms with Crippen LogP contribution in [0.5, 0.6) is 0 Å². The van der Waals surface area contributed by atoms with E-state index in [1.807, 2.05) is 0 Å². The van der Waals surface area contributed by atoms with Crippen LogP contribution in [0.15, 0.2) is 30.3 Å². The summed E-state index contributed by atoms with van der Waals surface area (Å²) in [6, 6.07) is 12.4. The van der Waals surface area contributed by atoms with Crippen molar-refractivity contribution in [3.05, 3.63) is 30.3 Å². The lowest BCUT2D eigenvalue weighted by atomic mass is 10.4. The standard InChI is InChI=1S/C11H18Si.H2O/c1-4-10-12(2,3)11-8-6-5-7-9-11;/h5-9H,4,10H2,1-3H3;1H2. The van der Waals surface area contributed by atoms with Crippen LogP contribution in [0.1, 0.15) is 13.3 Å². The van der Waals surface area contributed by atoms with E-state index in [0.29, 0.717) is 0 Å². The van der Waals surface area contributed by atoms with Crippen LogP contribution in [0, 0.1) is 0 Å². The third-order valence-corrected chi connectivity index (χ3v) is 6.08. The molecule has 0 atom stereocenters. The van der Waals surface area contributed by atoms with Crippen LogP contribution in [-0.4, -0.2) is 13.6 Å². The van der Waals surface area contributed by atoms with Gasteiger partial charge in [0.1, 0.15) is 0 Å². The average molecular weight is 196 g/mol. The molecule has 2 heteroatoms. The fraction of sp³-hybridized carbons (Fsp3) is 0.455. The summed E-state index contributed by atoms with van der Waals surface area (Å²) in [6.07, 6.45) is 1.31. The molecule has 0 aromatic heterocycles. The molecular formula is C11H20OSi. The highest BCUT2D eigenvalue weighted by Gasteiger charge is 2.20. The fourth-order valence-electron chi connectivity index (χ4n) is 1.66. The lowest BCUT2D eigenvalue weighted by Crippen LogP contribution is -2.40. The van der Waals surface area contributed by atoms with Crippen molar-refractivity contribution in [3.63, 3.8) is 0 Å². The Bertz CT molecular complexity index is 231. The molecule has 1 rings (SSSR count). The lowest BCUT2D eigenvalue weighted by Gasteiger charge is -2.21. The Labute approximate surface area is 82.1 Å². The van der Waals surface area contributed by atoms with Crippen LogP contribution in [0.3, 0.4) is 0 Å². The highest BCUT2D eigenvalue weighted by Crippen LogP contribution is 2.11. The first-order valence-electron chi connectivity index (χ1n) is 4.72. The first-order valence-corrected chi connectivity index (χ1v) is 7.93. The molecule has 13 heavy (non-hydrogen) atoms. The molecule has 0 saturated carbocycles. The Hall–Kier alpha value is -0.603. The van der Waals surface area contributed by atoms with Gasteiger partial charge in [0.15, 0.2) is 0 Å². The Morgan fingerprint density at radius 1 is 1.08 bits per heavy atom. The molecule has 0 saturated heterocycles. The maximum Gasteiger partial charge on any atom is 0.0806 e. The van der Waals surface area contributed by atoms with E-state index < -0.39 is 8.07 Å². The Kier molecular flexibility index (Phi) is 4.96. The van der Waals surface area contributed by atoms with Crippen molar-refractivity contribution in [2.24, 2.45) is 0 Å². The lowest BCUT2D eigenvalue weighted by molar-refractivity contribution is 0.824. The van der Waals surface area contributed by atoms with Gasteiger partial charge in [0.2, 0.25) is 0 Å². The second-order valence-corrected chi connectivity index (χ2v) is 8.85. The van der Waals surface area contributed by atoms with E-state index in [1.54, 1.807) is 5.19 Å². The SMILES string of the molecule is CCC[Si](C)(C)c1ccccc1.O. The predicted molar refractivity (Wildman–Crippen MR) is 62.3 cm³/mol. The molecule has 0 fully saturated rings. The highest BCUT2D eigenvalue weighted by molar-refractivity contribution is 6.89. The molecule has 2 N–H and O–H groups in total. The summed E-state index contributed by atoms with van der Waals surface area (Å²) in [7, 11) is -1.08. The summed E-state index contributed by atoms with van der Waals surface area (Å²) in [5, 5.41) is 1.59. The molecule has 1 aromatic rings. The minimum absolute atomic E-state index is 0. The summed E-state index contributed by atoms with van der Waals surface area (Å²) in [6.45, 7) is 7.18. The molecule has 1 nitrogen and oxygen atoms in total. The van der Waals surface area contributed by atoms with Gasteiger partial charge in [-0.25, -0.2) is 0 Å². The molecular weight excluding hydrogens is 176 g/mol. The third kappa shape index (κ3) is 3.33. The fourth-order valence-corrected chi connectivity index (χ4v) is 4.29. The summed E-state index contributed by atoms with van der Waals surface area (Å²) in [4.78, 5) is 0. The summed E-state index contributed by atoms with van der Waals surface area (Å²) in [5.74, 6) is 0. The van der Waals surface area contributed by atoms with Crippen molar-refractivity contribution in [1.82, 2.24) is 0 Å². The van der Waals surface area contributed by atoms with Gasteiger partial charge in [-0.3, -0.25) is 0 Å². The van der Waals surface area contributed by atoms with Crippen molar-refractivity contribution in [3.8, 4) is 0 Å². The molecule has 1 aromatic carbocycles. The van der Waals surface area contributed by atoms with Crippen LogP contribution in [0.4, 0.5) is 0 Å². The smallest absolute Gasteiger partial charge is 0.0806 e. The topological polar surface area (TPSA) is 31.5 Å². The predicted octanol–water partition coefficient (Wildman–Crippen LogP) is 2.19. The van der Waals surface area contributed by atoms with E-state index in [4.69, 9.17) is 0 Å². The van der Waals surface area contributed by atoms with E-state index in [2.05, 4.69) is 50.3 Å². The van der Waals surface area contributed by atoms with Gasteiger partial charge in [-0.2, -0.15) is 0 Å². The number of hydrogen-bond donors (Lipinski definition) is 0. The maximum absolute atomic E-state index is 2.45. The highest BCUT2D eigenvalue weighted by atomic mass is 28.3. The van der Waals surface area contributed by atoms with Crippen molar-refractivity contribution in [2.45, 2.75) is 32.5 Å². The van der Waals surface area contributed by atoms with Gasteiger partial charge in [-0.15, -0.1) is 0 Å². The molecule has 0 amide bonds. The van der Waals surface area contributed by atoms with E-state index >= 15 is 0 Å². The Morgan fingerprint density at radius 2 is 1.62 bits per heavy atom. The molecule has 0 aliphatic rings. The van der Waals surface area contributed by atoms with Gasteiger partial charge in [0.25, 0.3) is 0 Å². The van der Waals surface area contributed by atoms with Gasteiger partial charge in [0, 0.05) is 0 Å². The molecule has 0 spiro atoms. The van der Waals surface area contributed by atoms with Crippen molar-refractivity contribution in [2.75, 3.05) is 0 Å². The molecule has 0 aliphatic carbocycles. The zero-order valence-corrected chi connectivity index (χ0v) is 9.80. The molecule has 0 heterocycles. The Morgan fingerprint density at radius 3 is 2.08 bits per heavy atom. The average Bonchev–Trinajstić information content (AvgIpc) is 2.06. The molecule has 0 aliphatic heterocycles. The van der Waals surface area contributed by atoms with Crippen molar-refractivity contribution >= 4 is 13.3 Å². The molecule has 0 radical (unpaired) electrons. The first kappa shape index (κ1) is 12.4. The minimum Gasteiger partial charge on any atom is -0.412 e. The zero-order chi connectivity index (χ0) is 9.03. The van der Waals surface area contributed by atoms with Crippen LogP contribution in [0.25, 0.3) is 0 Å². The summed E-state index contributed by atoms with van der Waals surface area (Å²) < 4.78 is 0. The first-order chi connectivity index (χ1) is 5.67. The quantitative estimate of drug-likeness (QED) is 0.664. The van der Waals surface area contributed by atoms with Crippen LogP contribution < -0.4 is 5.19 Å². The second-order valence-electron chi connectivity index (χ2n) is 4.00. The number of hydrogen-bond acceptors (Lipinski definition) is 0. The molecule has 0 bridgehead atoms. The maximum atomic E-state index is 2.45. The summed E-state index contributed by atoms with van der Waals surface area (Å²) >= 11 is 0. The van der Waals surface area contributed by atoms with Gasteiger partial charge >= 0.3 is 0 Å². The van der Waals surface area contributed by atoms with Crippen LogP contribution in [0.2, 0.25) is 19.1 Å².